The van der Waals surface area contributed by atoms with Gasteiger partial charge in [-0.3, -0.25) is 13.9 Å². The number of ether oxygens (including phenoxy) is 3. The molecular weight excluding hydrogens is 522 g/mol. The third kappa shape index (κ3) is 7.49. The lowest BCUT2D eigenvalue weighted by atomic mass is 10.1. The monoisotopic (exact) mass is 555 g/mol. The number of carbonyl (C=O) groups excluding carboxylic acids is 2. The van der Waals surface area contributed by atoms with Crippen molar-refractivity contribution in [3.63, 3.8) is 0 Å². The minimum Gasteiger partial charge on any atom is -0.493 e. The van der Waals surface area contributed by atoms with Crippen molar-refractivity contribution in [2.45, 2.75) is 18.2 Å². The van der Waals surface area contributed by atoms with E-state index >= 15 is 0 Å². The number of aryl methyl sites for hydroxylation is 1. The number of methoxy groups -OCH3 is 3. The molecule has 0 aromatic heterocycles. The van der Waals surface area contributed by atoms with Crippen LogP contribution < -0.4 is 24.4 Å². The number of amides is 2. The first-order valence-electron chi connectivity index (χ1n) is 12.2. The van der Waals surface area contributed by atoms with Gasteiger partial charge in [0.05, 0.1) is 36.1 Å². The maximum absolute atomic E-state index is 13.8. The summed E-state index contributed by atoms with van der Waals surface area (Å²) in [4.78, 5) is 25.9. The molecule has 39 heavy (non-hydrogen) atoms. The van der Waals surface area contributed by atoms with Crippen molar-refractivity contribution in [1.29, 1.82) is 0 Å². The number of hydrogen-bond donors (Lipinski definition) is 2. The number of sulfonamides is 1. The molecule has 0 heterocycles. The van der Waals surface area contributed by atoms with E-state index in [9.17, 15) is 18.0 Å². The summed E-state index contributed by atoms with van der Waals surface area (Å²) in [5.41, 5.74) is 1.75. The first-order valence-corrected chi connectivity index (χ1v) is 13.6. The van der Waals surface area contributed by atoms with Crippen LogP contribution in [0.3, 0.4) is 0 Å². The Balaban J connectivity index is 1.90. The van der Waals surface area contributed by atoms with Gasteiger partial charge in [0, 0.05) is 26.3 Å². The highest BCUT2D eigenvalue weighted by molar-refractivity contribution is 7.92. The fourth-order valence-electron chi connectivity index (χ4n) is 3.75. The van der Waals surface area contributed by atoms with E-state index in [1.807, 2.05) is 6.92 Å². The van der Waals surface area contributed by atoms with E-state index in [0.717, 1.165) is 9.87 Å². The van der Waals surface area contributed by atoms with Gasteiger partial charge < -0.3 is 24.8 Å². The molecule has 0 bridgehead atoms. The molecule has 0 saturated carbocycles. The average Bonchev–Trinajstić information content (AvgIpc) is 2.94. The molecule has 3 aromatic rings. The zero-order chi connectivity index (χ0) is 28.4. The van der Waals surface area contributed by atoms with Gasteiger partial charge in [-0.15, -0.1) is 0 Å². The van der Waals surface area contributed by atoms with Gasteiger partial charge >= 0.3 is 0 Å². The average molecular weight is 556 g/mol. The smallest absolute Gasteiger partial charge is 0.264 e. The van der Waals surface area contributed by atoms with E-state index < -0.39 is 22.5 Å². The Morgan fingerprint density at radius 3 is 2.26 bits per heavy atom. The van der Waals surface area contributed by atoms with E-state index in [0.29, 0.717) is 31.0 Å². The van der Waals surface area contributed by atoms with Crippen LogP contribution in [0.1, 0.15) is 22.3 Å². The highest BCUT2D eigenvalue weighted by Gasteiger charge is 2.29. The van der Waals surface area contributed by atoms with Crippen LogP contribution in [0.25, 0.3) is 0 Å². The molecule has 3 aromatic carbocycles. The van der Waals surface area contributed by atoms with Crippen molar-refractivity contribution in [1.82, 2.24) is 5.32 Å². The van der Waals surface area contributed by atoms with Gasteiger partial charge in [0.2, 0.25) is 5.91 Å². The van der Waals surface area contributed by atoms with Gasteiger partial charge in [0.1, 0.15) is 6.54 Å². The van der Waals surface area contributed by atoms with Gasteiger partial charge in [0.25, 0.3) is 15.9 Å². The van der Waals surface area contributed by atoms with Crippen molar-refractivity contribution in [3.05, 3.63) is 77.9 Å². The highest BCUT2D eigenvalue weighted by atomic mass is 32.2. The molecule has 0 fully saturated rings. The molecule has 0 aliphatic rings. The second-order valence-corrected chi connectivity index (χ2v) is 10.4. The number of nitrogens with one attached hydrogen (secondary N) is 2. The summed E-state index contributed by atoms with van der Waals surface area (Å²) in [6.45, 7) is 2.24. The zero-order valence-electron chi connectivity index (χ0n) is 22.4. The number of hydrogen-bond acceptors (Lipinski definition) is 7. The predicted molar refractivity (Wildman–Crippen MR) is 149 cm³/mol. The Hall–Kier alpha value is -4.09. The Morgan fingerprint density at radius 2 is 1.59 bits per heavy atom. The Bertz CT molecular complexity index is 1390. The molecule has 10 nitrogen and oxygen atoms in total. The molecule has 11 heteroatoms. The summed E-state index contributed by atoms with van der Waals surface area (Å²) in [5.74, 6) is -0.389. The summed E-state index contributed by atoms with van der Waals surface area (Å²) in [6.07, 6.45) is 0.635. The van der Waals surface area contributed by atoms with Crippen LogP contribution in [-0.2, 0) is 19.6 Å². The first kappa shape index (κ1) is 29.5. The van der Waals surface area contributed by atoms with Gasteiger partial charge in [0.15, 0.2) is 11.5 Å². The van der Waals surface area contributed by atoms with Crippen LogP contribution in [0.2, 0.25) is 0 Å². The molecule has 3 rings (SSSR count). The SMILES string of the molecule is COCCCNC(=O)c1ccccc1NC(=O)CN(c1ccc(C)cc1)S(=O)(=O)c1ccc(OC)c(OC)c1. The minimum atomic E-state index is -4.21. The van der Waals surface area contributed by atoms with Crippen molar-refractivity contribution >= 4 is 33.2 Å². The molecule has 2 N–H and O–H groups in total. The molecule has 0 saturated heterocycles. The van der Waals surface area contributed by atoms with Gasteiger partial charge in [-0.2, -0.15) is 0 Å². The van der Waals surface area contributed by atoms with E-state index in [-0.39, 0.29) is 27.8 Å². The van der Waals surface area contributed by atoms with Crippen LogP contribution in [0.15, 0.2) is 71.6 Å². The Kier molecular flexibility index (Phi) is 10.3. The predicted octanol–water partition coefficient (Wildman–Crippen LogP) is 3.61. The van der Waals surface area contributed by atoms with E-state index in [4.69, 9.17) is 14.2 Å². The van der Waals surface area contributed by atoms with Gasteiger partial charge in [-0.25, -0.2) is 8.42 Å². The van der Waals surface area contributed by atoms with Gasteiger partial charge in [-0.05, 0) is 49.7 Å². The third-order valence-corrected chi connectivity index (χ3v) is 7.58. The molecule has 0 atom stereocenters. The fraction of sp³-hybridized carbons (Fsp3) is 0.286. The van der Waals surface area contributed by atoms with E-state index in [1.54, 1.807) is 55.6 Å². The largest absolute Gasteiger partial charge is 0.493 e. The molecule has 0 aliphatic carbocycles. The van der Waals surface area contributed by atoms with Crippen molar-refractivity contribution in [2.24, 2.45) is 0 Å². The van der Waals surface area contributed by atoms with Crippen molar-refractivity contribution in [2.75, 3.05) is 50.6 Å². The highest BCUT2D eigenvalue weighted by Crippen LogP contribution is 2.32. The molecule has 2 amide bonds. The maximum Gasteiger partial charge on any atom is 0.264 e. The van der Waals surface area contributed by atoms with Crippen LogP contribution in [0.4, 0.5) is 11.4 Å². The summed E-state index contributed by atoms with van der Waals surface area (Å²) in [6, 6.07) is 17.5. The quantitative estimate of drug-likeness (QED) is 0.309. The van der Waals surface area contributed by atoms with Crippen LogP contribution in [-0.4, -0.2) is 61.3 Å². The fourth-order valence-corrected chi connectivity index (χ4v) is 5.19. The first-order chi connectivity index (χ1) is 18.7. The number of carbonyl (C=O) groups is 2. The lowest BCUT2D eigenvalue weighted by Crippen LogP contribution is -2.38. The Morgan fingerprint density at radius 1 is 0.897 bits per heavy atom. The minimum absolute atomic E-state index is 0.0793. The second kappa shape index (κ2) is 13.6. The summed E-state index contributed by atoms with van der Waals surface area (Å²) < 4.78 is 44.1. The lowest BCUT2D eigenvalue weighted by Gasteiger charge is -2.25. The molecule has 0 unspecified atom stereocenters. The maximum atomic E-state index is 13.8. The van der Waals surface area contributed by atoms with Crippen LogP contribution in [0.5, 0.6) is 11.5 Å². The molecule has 0 spiro atoms. The zero-order valence-corrected chi connectivity index (χ0v) is 23.2. The normalized spacial score (nSPS) is 11.0. The summed E-state index contributed by atoms with van der Waals surface area (Å²) in [5, 5.41) is 5.48. The topological polar surface area (TPSA) is 123 Å². The van der Waals surface area contributed by atoms with Crippen molar-refractivity contribution < 1.29 is 32.2 Å². The molecule has 0 aliphatic heterocycles. The van der Waals surface area contributed by atoms with Crippen LogP contribution in [0, 0.1) is 6.92 Å². The number of anilines is 2. The lowest BCUT2D eigenvalue weighted by molar-refractivity contribution is -0.114. The van der Waals surface area contributed by atoms with E-state index in [1.165, 1.54) is 32.4 Å². The van der Waals surface area contributed by atoms with Gasteiger partial charge in [-0.1, -0.05) is 29.8 Å². The summed E-state index contributed by atoms with van der Waals surface area (Å²) in [7, 11) is 0.230. The third-order valence-electron chi connectivity index (χ3n) is 5.81. The second-order valence-electron chi connectivity index (χ2n) is 8.56. The molecule has 0 radical (unpaired) electrons. The number of benzene rings is 3. The standard InChI is InChI=1S/C28H33N3O7S/c1-20-10-12-21(13-11-20)31(39(34,35)22-14-15-25(37-3)26(18-22)38-4)19-27(32)30-24-9-6-5-8-23(24)28(33)29-16-7-17-36-2/h5-6,8-15,18H,7,16-17,19H2,1-4H3,(H,29,33)(H,30,32). The molecule has 208 valence electrons. The van der Waals surface area contributed by atoms with Crippen molar-refractivity contribution in [3.8, 4) is 11.5 Å². The number of nitrogens with zero attached hydrogens (tertiary/aromatic N) is 1. The number of rotatable bonds is 13. The summed E-state index contributed by atoms with van der Waals surface area (Å²) >= 11 is 0. The van der Waals surface area contributed by atoms with E-state index in [2.05, 4.69) is 10.6 Å². The Labute approximate surface area is 228 Å². The van der Waals surface area contributed by atoms with Crippen LogP contribution >= 0.6 is 0 Å². The molecular formula is C28H33N3O7S. The number of para-hydroxylation sites is 1.